The molecule has 0 aliphatic rings. The smallest absolute Gasteiger partial charge is 0.242 e. The van der Waals surface area contributed by atoms with E-state index in [0.717, 1.165) is 5.56 Å². The largest absolute Gasteiger partial charge is 0.352 e. The van der Waals surface area contributed by atoms with Crippen molar-refractivity contribution in [2.75, 3.05) is 14.1 Å². The van der Waals surface area contributed by atoms with Crippen LogP contribution in [0.15, 0.2) is 30.3 Å². The lowest BCUT2D eigenvalue weighted by atomic mass is 10.1. The predicted octanol–water partition coefficient (Wildman–Crippen LogP) is 1.81. The third-order valence-corrected chi connectivity index (χ3v) is 2.31. The van der Waals surface area contributed by atoms with Gasteiger partial charge in [-0.15, -0.1) is 0 Å². The number of carbonyl (C=O) groups excluding carboxylic acids is 1. The van der Waals surface area contributed by atoms with E-state index in [0.29, 0.717) is 0 Å². The molecule has 1 aromatic carbocycles. The van der Waals surface area contributed by atoms with Crippen molar-refractivity contribution in [1.29, 1.82) is 0 Å². The molecule has 3 nitrogen and oxygen atoms in total. The van der Waals surface area contributed by atoms with Crippen LogP contribution in [0.5, 0.6) is 0 Å². The Bertz CT molecular complexity index is 333. The van der Waals surface area contributed by atoms with E-state index in [1.807, 2.05) is 63.2 Å². The molecule has 1 atom stereocenters. The Balaban J connectivity index is 2.88. The van der Waals surface area contributed by atoms with E-state index in [9.17, 15) is 4.79 Å². The molecule has 88 valence electrons. The summed E-state index contributed by atoms with van der Waals surface area (Å²) in [5, 5.41) is 2.94. The van der Waals surface area contributed by atoms with Crippen LogP contribution >= 0.6 is 0 Å². The minimum atomic E-state index is -0.219. The van der Waals surface area contributed by atoms with Crippen LogP contribution < -0.4 is 5.32 Å². The molecule has 0 bridgehead atoms. The van der Waals surface area contributed by atoms with Gasteiger partial charge in [0, 0.05) is 6.04 Å². The molecule has 0 radical (unpaired) electrons. The summed E-state index contributed by atoms with van der Waals surface area (Å²) in [5.41, 5.74) is 1.02. The molecule has 0 aliphatic heterocycles. The molecule has 3 heteroatoms. The second kappa shape index (κ2) is 5.66. The minimum Gasteiger partial charge on any atom is -0.352 e. The number of amides is 1. The molecule has 0 saturated carbocycles. The van der Waals surface area contributed by atoms with Crippen molar-refractivity contribution in [3.63, 3.8) is 0 Å². The summed E-state index contributed by atoms with van der Waals surface area (Å²) in [6.45, 7) is 3.94. The van der Waals surface area contributed by atoms with Crippen molar-refractivity contribution < 1.29 is 4.79 Å². The van der Waals surface area contributed by atoms with Gasteiger partial charge in [-0.25, -0.2) is 0 Å². The monoisotopic (exact) mass is 220 g/mol. The zero-order valence-corrected chi connectivity index (χ0v) is 10.4. The lowest BCUT2D eigenvalue weighted by molar-refractivity contribution is -0.126. The van der Waals surface area contributed by atoms with E-state index in [1.54, 1.807) is 0 Å². The summed E-state index contributed by atoms with van der Waals surface area (Å²) in [7, 11) is 3.83. The van der Waals surface area contributed by atoms with Gasteiger partial charge in [-0.2, -0.15) is 0 Å². The number of likely N-dealkylation sites (N-methyl/N-ethyl adjacent to an activating group) is 1. The highest BCUT2D eigenvalue weighted by Crippen LogP contribution is 2.17. The van der Waals surface area contributed by atoms with Crippen LogP contribution in [0.3, 0.4) is 0 Å². The third-order valence-electron chi connectivity index (χ3n) is 2.31. The standard InChI is InChI=1S/C13H20N2O/c1-10(2)14-13(16)12(15(3)4)11-8-6-5-7-9-11/h5-10,12H,1-4H3,(H,14,16). The van der Waals surface area contributed by atoms with Gasteiger partial charge in [-0.1, -0.05) is 30.3 Å². The number of benzene rings is 1. The molecule has 1 N–H and O–H groups in total. The maximum absolute atomic E-state index is 12.0. The number of nitrogens with one attached hydrogen (secondary N) is 1. The van der Waals surface area contributed by atoms with Crippen LogP contribution in [-0.4, -0.2) is 30.9 Å². The first-order valence-electron chi connectivity index (χ1n) is 5.54. The van der Waals surface area contributed by atoms with E-state index in [4.69, 9.17) is 0 Å². The van der Waals surface area contributed by atoms with Crippen molar-refractivity contribution in [1.82, 2.24) is 10.2 Å². The van der Waals surface area contributed by atoms with Crippen LogP contribution in [0.4, 0.5) is 0 Å². The first-order chi connectivity index (χ1) is 7.52. The van der Waals surface area contributed by atoms with Gasteiger partial charge in [-0.05, 0) is 33.5 Å². The molecule has 0 aromatic heterocycles. The lowest BCUT2D eigenvalue weighted by Crippen LogP contribution is -2.40. The summed E-state index contributed by atoms with van der Waals surface area (Å²) in [6, 6.07) is 9.76. The molecule has 0 spiro atoms. The van der Waals surface area contributed by atoms with E-state index in [-0.39, 0.29) is 18.0 Å². The quantitative estimate of drug-likeness (QED) is 0.839. The molecular formula is C13H20N2O. The summed E-state index contributed by atoms with van der Waals surface area (Å²) in [6.07, 6.45) is 0. The summed E-state index contributed by atoms with van der Waals surface area (Å²) >= 11 is 0. The van der Waals surface area contributed by atoms with E-state index >= 15 is 0 Å². The number of nitrogens with zero attached hydrogens (tertiary/aromatic N) is 1. The highest BCUT2D eigenvalue weighted by Gasteiger charge is 2.22. The molecule has 1 rings (SSSR count). The van der Waals surface area contributed by atoms with E-state index in [1.165, 1.54) is 0 Å². The average molecular weight is 220 g/mol. The second-order valence-corrected chi connectivity index (χ2v) is 4.44. The van der Waals surface area contributed by atoms with Crippen LogP contribution in [0, 0.1) is 0 Å². The molecule has 1 aromatic rings. The molecule has 0 saturated heterocycles. The van der Waals surface area contributed by atoms with Crippen LogP contribution in [0.25, 0.3) is 0 Å². The summed E-state index contributed by atoms with van der Waals surface area (Å²) in [5.74, 6) is 0.0474. The molecule has 1 unspecified atom stereocenters. The fourth-order valence-corrected chi connectivity index (χ4v) is 1.68. The highest BCUT2D eigenvalue weighted by atomic mass is 16.2. The van der Waals surface area contributed by atoms with E-state index < -0.39 is 0 Å². The highest BCUT2D eigenvalue weighted by molar-refractivity contribution is 5.83. The van der Waals surface area contributed by atoms with Crippen molar-refractivity contribution in [2.45, 2.75) is 25.9 Å². The van der Waals surface area contributed by atoms with E-state index in [2.05, 4.69) is 5.32 Å². The van der Waals surface area contributed by atoms with Crippen LogP contribution in [0.1, 0.15) is 25.5 Å². The van der Waals surface area contributed by atoms with Crippen molar-refractivity contribution >= 4 is 5.91 Å². The normalized spacial score (nSPS) is 12.9. The SMILES string of the molecule is CC(C)NC(=O)C(c1ccccc1)N(C)C. The first-order valence-corrected chi connectivity index (χ1v) is 5.54. The third kappa shape index (κ3) is 3.35. The van der Waals surface area contributed by atoms with Crippen molar-refractivity contribution in [3.8, 4) is 0 Å². The Morgan fingerprint density at radius 2 is 1.75 bits per heavy atom. The van der Waals surface area contributed by atoms with Crippen molar-refractivity contribution in [2.24, 2.45) is 0 Å². The Labute approximate surface area is 97.5 Å². The average Bonchev–Trinajstić information content (AvgIpc) is 2.17. The molecule has 0 aliphatic carbocycles. The van der Waals surface area contributed by atoms with Gasteiger partial charge in [0.2, 0.25) is 5.91 Å². The zero-order chi connectivity index (χ0) is 12.1. The maximum Gasteiger partial charge on any atom is 0.242 e. The molecular weight excluding hydrogens is 200 g/mol. The number of rotatable bonds is 4. The second-order valence-electron chi connectivity index (χ2n) is 4.44. The Morgan fingerprint density at radius 3 is 2.19 bits per heavy atom. The fraction of sp³-hybridized carbons (Fsp3) is 0.462. The van der Waals surface area contributed by atoms with Gasteiger partial charge in [0.15, 0.2) is 0 Å². The number of carbonyl (C=O) groups is 1. The Kier molecular flexibility index (Phi) is 4.50. The van der Waals surface area contributed by atoms with Gasteiger partial charge in [0.25, 0.3) is 0 Å². The number of hydrogen-bond acceptors (Lipinski definition) is 2. The fourth-order valence-electron chi connectivity index (χ4n) is 1.68. The minimum absolute atomic E-state index is 0.0474. The molecule has 0 heterocycles. The van der Waals surface area contributed by atoms with Gasteiger partial charge in [0.1, 0.15) is 6.04 Å². The summed E-state index contributed by atoms with van der Waals surface area (Å²) in [4.78, 5) is 14.0. The predicted molar refractivity (Wildman–Crippen MR) is 66.1 cm³/mol. The first kappa shape index (κ1) is 12.7. The molecule has 1 amide bonds. The Hall–Kier alpha value is -1.35. The van der Waals surface area contributed by atoms with Crippen LogP contribution in [0.2, 0.25) is 0 Å². The zero-order valence-electron chi connectivity index (χ0n) is 10.4. The summed E-state index contributed by atoms with van der Waals surface area (Å²) < 4.78 is 0. The topological polar surface area (TPSA) is 32.3 Å². The maximum atomic E-state index is 12.0. The number of hydrogen-bond donors (Lipinski definition) is 1. The van der Waals surface area contributed by atoms with Gasteiger partial charge in [-0.3, -0.25) is 9.69 Å². The van der Waals surface area contributed by atoms with Gasteiger partial charge in [0.05, 0.1) is 0 Å². The Morgan fingerprint density at radius 1 is 1.19 bits per heavy atom. The molecule has 0 fully saturated rings. The van der Waals surface area contributed by atoms with Gasteiger partial charge >= 0.3 is 0 Å². The van der Waals surface area contributed by atoms with Gasteiger partial charge < -0.3 is 5.32 Å². The van der Waals surface area contributed by atoms with Crippen LogP contribution in [-0.2, 0) is 4.79 Å². The lowest BCUT2D eigenvalue weighted by Gasteiger charge is -2.24. The van der Waals surface area contributed by atoms with Crippen molar-refractivity contribution in [3.05, 3.63) is 35.9 Å². The molecule has 16 heavy (non-hydrogen) atoms.